The summed E-state index contributed by atoms with van der Waals surface area (Å²) in [7, 11) is 0. The molecule has 0 aromatic heterocycles. The number of ketones is 1. The number of carbonyl (C=O) groups excluding carboxylic acids is 1. The molecular formula is C22H24O3. The van der Waals surface area contributed by atoms with Crippen LogP contribution in [-0.2, 0) is 6.42 Å². The van der Waals surface area contributed by atoms with Crippen molar-refractivity contribution in [2.45, 2.75) is 46.3 Å². The lowest BCUT2D eigenvalue weighted by Crippen LogP contribution is -2.09. The van der Waals surface area contributed by atoms with Crippen LogP contribution in [0.3, 0.4) is 0 Å². The van der Waals surface area contributed by atoms with Crippen LogP contribution in [0.5, 0.6) is 11.5 Å². The minimum absolute atomic E-state index is 0.0444. The summed E-state index contributed by atoms with van der Waals surface area (Å²) in [6.07, 6.45) is 2.75. The summed E-state index contributed by atoms with van der Waals surface area (Å²) >= 11 is 0. The zero-order valence-corrected chi connectivity index (χ0v) is 15.2. The van der Waals surface area contributed by atoms with Crippen LogP contribution in [0, 0.1) is 0 Å². The number of ether oxygens (including phenoxy) is 2. The van der Waals surface area contributed by atoms with Crippen LogP contribution in [-0.4, -0.2) is 18.0 Å². The summed E-state index contributed by atoms with van der Waals surface area (Å²) in [5.41, 5.74) is 3.60. The molecule has 0 amide bonds. The highest BCUT2D eigenvalue weighted by Gasteiger charge is 2.24. The van der Waals surface area contributed by atoms with E-state index in [1.165, 1.54) is 0 Å². The number of hydrogen-bond acceptors (Lipinski definition) is 3. The third-order valence-electron chi connectivity index (χ3n) is 3.98. The fourth-order valence-electron chi connectivity index (χ4n) is 2.99. The van der Waals surface area contributed by atoms with Crippen LogP contribution >= 0.6 is 0 Å². The number of rotatable bonds is 5. The minimum Gasteiger partial charge on any atom is -0.491 e. The summed E-state index contributed by atoms with van der Waals surface area (Å²) in [5, 5.41) is 0. The highest BCUT2D eigenvalue weighted by Crippen LogP contribution is 2.32. The van der Waals surface area contributed by atoms with E-state index >= 15 is 0 Å². The summed E-state index contributed by atoms with van der Waals surface area (Å²) in [6, 6.07) is 13.6. The first kappa shape index (κ1) is 17.3. The number of fused-ring (bicyclic) bond motifs is 1. The van der Waals surface area contributed by atoms with Crippen molar-refractivity contribution in [1.29, 1.82) is 0 Å². The molecule has 0 atom stereocenters. The van der Waals surface area contributed by atoms with E-state index < -0.39 is 0 Å². The Hall–Kier alpha value is -2.55. The van der Waals surface area contributed by atoms with Crippen molar-refractivity contribution >= 4 is 11.9 Å². The Kier molecular flexibility index (Phi) is 4.93. The van der Waals surface area contributed by atoms with Crippen molar-refractivity contribution in [1.82, 2.24) is 0 Å². The summed E-state index contributed by atoms with van der Waals surface area (Å²) in [4.78, 5) is 12.6. The second-order valence-corrected chi connectivity index (χ2v) is 6.87. The molecule has 3 nitrogen and oxygen atoms in total. The van der Waals surface area contributed by atoms with E-state index in [-0.39, 0.29) is 18.0 Å². The molecule has 25 heavy (non-hydrogen) atoms. The highest BCUT2D eigenvalue weighted by molar-refractivity contribution is 6.15. The van der Waals surface area contributed by atoms with Gasteiger partial charge in [0.05, 0.1) is 12.2 Å². The lowest BCUT2D eigenvalue weighted by Gasteiger charge is -2.16. The molecule has 0 aliphatic heterocycles. The first-order chi connectivity index (χ1) is 11.9. The normalized spacial score (nSPS) is 15.1. The molecular weight excluding hydrogens is 312 g/mol. The molecule has 0 heterocycles. The summed E-state index contributed by atoms with van der Waals surface area (Å²) < 4.78 is 11.7. The standard InChI is InChI=1S/C22H24O3/c1-14(2)24-19-10-9-17(21(13-19)25-15(3)4)12-18-11-16-7-5-6-8-20(16)22(18)23/h5-10,12-15H,11H2,1-4H3/b18-12+. The van der Waals surface area contributed by atoms with E-state index in [9.17, 15) is 4.79 Å². The summed E-state index contributed by atoms with van der Waals surface area (Å²) in [6.45, 7) is 7.97. The molecule has 3 rings (SSSR count). The Balaban J connectivity index is 1.95. The van der Waals surface area contributed by atoms with Gasteiger partial charge in [0.15, 0.2) is 5.78 Å². The fraction of sp³-hybridized carbons (Fsp3) is 0.318. The maximum Gasteiger partial charge on any atom is 0.189 e. The highest BCUT2D eigenvalue weighted by atomic mass is 16.5. The van der Waals surface area contributed by atoms with Crippen LogP contribution in [0.2, 0.25) is 0 Å². The van der Waals surface area contributed by atoms with Gasteiger partial charge in [0.2, 0.25) is 0 Å². The molecule has 0 N–H and O–H groups in total. The van der Waals surface area contributed by atoms with E-state index in [1.54, 1.807) is 0 Å². The maximum atomic E-state index is 12.6. The smallest absolute Gasteiger partial charge is 0.189 e. The van der Waals surface area contributed by atoms with Gasteiger partial charge in [-0.15, -0.1) is 0 Å². The largest absolute Gasteiger partial charge is 0.491 e. The van der Waals surface area contributed by atoms with Gasteiger partial charge in [-0.1, -0.05) is 24.3 Å². The van der Waals surface area contributed by atoms with Gasteiger partial charge in [0, 0.05) is 29.2 Å². The van der Waals surface area contributed by atoms with Crippen molar-refractivity contribution in [3.8, 4) is 11.5 Å². The van der Waals surface area contributed by atoms with Crippen molar-refractivity contribution in [2.24, 2.45) is 0 Å². The SMILES string of the molecule is CC(C)Oc1ccc(/C=C2\Cc3ccccc3C2=O)c(OC(C)C)c1. The second-order valence-electron chi connectivity index (χ2n) is 6.87. The van der Waals surface area contributed by atoms with Gasteiger partial charge < -0.3 is 9.47 Å². The predicted octanol–water partition coefficient (Wildman–Crippen LogP) is 5.08. The van der Waals surface area contributed by atoms with Crippen molar-refractivity contribution < 1.29 is 14.3 Å². The van der Waals surface area contributed by atoms with Gasteiger partial charge in [-0.2, -0.15) is 0 Å². The number of allylic oxidation sites excluding steroid dienone is 1. The van der Waals surface area contributed by atoms with E-state index in [0.29, 0.717) is 6.42 Å². The van der Waals surface area contributed by atoms with Crippen molar-refractivity contribution in [3.63, 3.8) is 0 Å². The molecule has 0 radical (unpaired) electrons. The molecule has 0 fully saturated rings. The molecule has 0 unspecified atom stereocenters. The molecule has 1 aliphatic carbocycles. The van der Waals surface area contributed by atoms with Gasteiger partial charge in [0.1, 0.15) is 11.5 Å². The van der Waals surface area contributed by atoms with Gasteiger partial charge >= 0.3 is 0 Å². The maximum absolute atomic E-state index is 12.6. The monoisotopic (exact) mass is 336 g/mol. The molecule has 0 saturated carbocycles. The lowest BCUT2D eigenvalue weighted by molar-refractivity contribution is 0.104. The van der Waals surface area contributed by atoms with Gasteiger partial charge in [-0.25, -0.2) is 0 Å². The van der Waals surface area contributed by atoms with Crippen LogP contribution in [0.25, 0.3) is 6.08 Å². The van der Waals surface area contributed by atoms with Crippen LogP contribution in [0.1, 0.15) is 49.2 Å². The molecule has 130 valence electrons. The van der Waals surface area contributed by atoms with Crippen LogP contribution in [0.4, 0.5) is 0 Å². The van der Waals surface area contributed by atoms with E-state index in [0.717, 1.165) is 33.8 Å². The number of hydrogen-bond donors (Lipinski definition) is 0. The number of benzene rings is 2. The third kappa shape index (κ3) is 3.93. The Morgan fingerprint density at radius 1 is 0.960 bits per heavy atom. The minimum atomic E-state index is 0.0444. The average Bonchev–Trinajstić information content (AvgIpc) is 2.85. The molecule has 2 aromatic carbocycles. The van der Waals surface area contributed by atoms with E-state index in [4.69, 9.17) is 9.47 Å². The Bertz CT molecular complexity index is 816. The topological polar surface area (TPSA) is 35.5 Å². The summed E-state index contributed by atoms with van der Waals surface area (Å²) in [5.74, 6) is 1.62. The number of Topliss-reactive ketones (excluding diaryl/α,β-unsaturated/α-hetero) is 1. The lowest BCUT2D eigenvalue weighted by atomic mass is 10.1. The van der Waals surface area contributed by atoms with Crippen molar-refractivity contribution in [3.05, 3.63) is 64.7 Å². The third-order valence-corrected chi connectivity index (χ3v) is 3.98. The average molecular weight is 336 g/mol. The fourth-order valence-corrected chi connectivity index (χ4v) is 2.99. The predicted molar refractivity (Wildman–Crippen MR) is 100 cm³/mol. The van der Waals surface area contributed by atoms with E-state index in [1.807, 2.05) is 76.2 Å². The van der Waals surface area contributed by atoms with Crippen LogP contribution < -0.4 is 9.47 Å². The Labute approximate surface area is 149 Å². The Morgan fingerprint density at radius 2 is 1.68 bits per heavy atom. The molecule has 0 spiro atoms. The van der Waals surface area contributed by atoms with Gasteiger partial charge in [-0.3, -0.25) is 4.79 Å². The first-order valence-corrected chi connectivity index (χ1v) is 8.74. The zero-order valence-electron chi connectivity index (χ0n) is 15.2. The second kappa shape index (κ2) is 7.14. The Morgan fingerprint density at radius 3 is 2.36 bits per heavy atom. The molecule has 2 aromatic rings. The molecule has 0 saturated heterocycles. The van der Waals surface area contributed by atoms with E-state index in [2.05, 4.69) is 0 Å². The first-order valence-electron chi connectivity index (χ1n) is 8.74. The molecule has 3 heteroatoms. The quantitative estimate of drug-likeness (QED) is 0.714. The van der Waals surface area contributed by atoms with Gasteiger partial charge in [-0.05, 0) is 51.5 Å². The molecule has 0 bridgehead atoms. The number of carbonyl (C=O) groups is 1. The zero-order chi connectivity index (χ0) is 18.0. The van der Waals surface area contributed by atoms with Crippen molar-refractivity contribution in [2.75, 3.05) is 0 Å². The van der Waals surface area contributed by atoms with Gasteiger partial charge in [0.25, 0.3) is 0 Å². The molecule has 1 aliphatic rings. The van der Waals surface area contributed by atoms with Crippen LogP contribution in [0.15, 0.2) is 48.0 Å².